The fraction of sp³-hybridized carbons (Fsp3) is 0.269. The van der Waals surface area contributed by atoms with E-state index in [1.807, 2.05) is 49.4 Å². The minimum atomic E-state index is -3.08. The highest BCUT2D eigenvalue weighted by Crippen LogP contribution is 2.32. The van der Waals surface area contributed by atoms with Crippen molar-refractivity contribution in [1.29, 1.82) is 5.26 Å². The molecule has 1 saturated heterocycles. The highest BCUT2D eigenvalue weighted by Gasteiger charge is 2.47. The second-order valence-electron chi connectivity index (χ2n) is 8.35. The van der Waals surface area contributed by atoms with Gasteiger partial charge in [-0.1, -0.05) is 24.3 Å². The summed E-state index contributed by atoms with van der Waals surface area (Å²) in [7, 11) is 0. The number of benzene rings is 1. The van der Waals surface area contributed by atoms with Gasteiger partial charge >= 0.3 is 0 Å². The summed E-state index contributed by atoms with van der Waals surface area (Å²) in [5.41, 5.74) is 3.78. The lowest BCUT2D eigenvalue weighted by Gasteiger charge is -2.18. The zero-order valence-electron chi connectivity index (χ0n) is 19.0. The number of nitrogens with zero attached hydrogens (tertiary/aromatic N) is 4. The number of ketones is 1. The maximum absolute atomic E-state index is 13.6. The second kappa shape index (κ2) is 10.7. The number of hydrogen-bond donors (Lipinski definition) is 0. The number of halogens is 2. The summed E-state index contributed by atoms with van der Waals surface area (Å²) < 4.78 is 27.3. The molecule has 4 rings (SSSR count). The molecule has 9 heteroatoms. The van der Waals surface area contributed by atoms with Gasteiger partial charge in [0.05, 0.1) is 18.1 Å². The van der Waals surface area contributed by atoms with Crippen molar-refractivity contribution >= 4 is 48.2 Å². The van der Waals surface area contributed by atoms with Gasteiger partial charge in [0.25, 0.3) is 5.92 Å². The largest absolute Gasteiger partial charge is 0.320 e. The van der Waals surface area contributed by atoms with E-state index in [1.165, 1.54) is 6.20 Å². The normalized spacial score (nSPS) is 16.7. The third-order valence-electron chi connectivity index (χ3n) is 5.77. The Kier molecular flexibility index (Phi) is 7.97. The molecule has 2 aromatic heterocycles. The van der Waals surface area contributed by atoms with Crippen LogP contribution in [0.4, 0.5) is 8.78 Å². The lowest BCUT2D eigenvalue weighted by molar-refractivity contribution is -0.132. The monoisotopic (exact) mass is 494 g/mol. The van der Waals surface area contributed by atoms with Gasteiger partial charge in [-0.05, 0) is 42.3 Å². The molecule has 0 saturated carbocycles. The number of aromatic nitrogens is 2. The SMILES string of the molecule is Cc1ccc(/C=C/c2ccc3nccc(C(=O)CCC(=O)N4CC(F)(F)C[C@H]4C#N)c3c2)cn1.S. The quantitative estimate of drug-likeness (QED) is 0.453. The molecule has 0 spiro atoms. The van der Waals surface area contributed by atoms with Crippen molar-refractivity contribution in [2.24, 2.45) is 0 Å². The Labute approximate surface area is 208 Å². The number of fused-ring (bicyclic) bond motifs is 1. The molecule has 1 atom stereocenters. The number of Topliss-reactive ketones (excluding diaryl/α,β-unsaturated/α-hetero) is 1. The van der Waals surface area contributed by atoms with Gasteiger partial charge in [0, 0.05) is 48.3 Å². The van der Waals surface area contributed by atoms with Gasteiger partial charge in [-0.25, -0.2) is 8.78 Å². The molecule has 1 aliphatic heterocycles. The Morgan fingerprint density at radius 3 is 2.60 bits per heavy atom. The number of aryl methyl sites for hydroxylation is 1. The average molecular weight is 495 g/mol. The average Bonchev–Trinajstić information content (AvgIpc) is 3.16. The zero-order chi connectivity index (χ0) is 24.3. The number of pyridine rings is 2. The van der Waals surface area contributed by atoms with Crippen LogP contribution in [0.25, 0.3) is 23.1 Å². The Bertz CT molecular complexity index is 1320. The molecular formula is C26H24F2N4O2S. The van der Waals surface area contributed by atoms with Crippen LogP contribution in [0.1, 0.15) is 46.4 Å². The predicted molar refractivity (Wildman–Crippen MR) is 134 cm³/mol. The summed E-state index contributed by atoms with van der Waals surface area (Å²) >= 11 is 0. The minimum Gasteiger partial charge on any atom is -0.320 e. The van der Waals surface area contributed by atoms with Crippen LogP contribution in [0.2, 0.25) is 0 Å². The zero-order valence-corrected chi connectivity index (χ0v) is 20.0. The van der Waals surface area contributed by atoms with Crippen LogP contribution in [0, 0.1) is 18.3 Å². The molecule has 3 heterocycles. The fourth-order valence-corrected chi connectivity index (χ4v) is 3.97. The molecule has 1 amide bonds. The van der Waals surface area contributed by atoms with E-state index in [-0.39, 0.29) is 32.1 Å². The summed E-state index contributed by atoms with van der Waals surface area (Å²) in [6.45, 7) is 1.13. The summed E-state index contributed by atoms with van der Waals surface area (Å²) in [5, 5.41) is 9.73. The molecule has 0 radical (unpaired) electrons. The first-order valence-corrected chi connectivity index (χ1v) is 10.9. The number of hydrogen-bond acceptors (Lipinski definition) is 5. The van der Waals surface area contributed by atoms with Crippen molar-refractivity contribution in [3.63, 3.8) is 0 Å². The number of likely N-dealkylation sites (tertiary alicyclic amines) is 1. The van der Waals surface area contributed by atoms with Gasteiger partial charge < -0.3 is 4.90 Å². The van der Waals surface area contributed by atoms with Crippen LogP contribution < -0.4 is 0 Å². The molecule has 0 bridgehead atoms. The highest BCUT2D eigenvalue weighted by atomic mass is 32.1. The highest BCUT2D eigenvalue weighted by molar-refractivity contribution is 7.59. The third kappa shape index (κ3) is 6.08. The Hall–Kier alpha value is -3.64. The molecule has 180 valence electrons. The molecule has 1 aromatic carbocycles. The standard InChI is InChI=1S/C26H22F2N4O2.H2S/c1-17-2-3-19(15-31-17)5-4-18-6-7-23-22(12-18)21(10-11-30-23)24(33)8-9-25(34)32-16-26(27,28)13-20(32)14-29;/h2-7,10-12,15,20H,8-9,13,16H2,1H3;1H2/b5-4+;/t20-;/m0./s1. The van der Waals surface area contributed by atoms with Gasteiger partial charge in [0.1, 0.15) is 6.04 Å². The summed E-state index contributed by atoms with van der Waals surface area (Å²) in [5.74, 6) is -3.99. The maximum Gasteiger partial charge on any atom is 0.268 e. The number of carbonyl (C=O) groups is 2. The predicted octanol–water partition coefficient (Wildman–Crippen LogP) is 4.94. The van der Waals surface area contributed by atoms with Gasteiger partial charge in [-0.15, -0.1) is 0 Å². The van der Waals surface area contributed by atoms with Crippen molar-refractivity contribution < 1.29 is 18.4 Å². The van der Waals surface area contributed by atoms with Gasteiger partial charge in [0.15, 0.2) is 5.78 Å². The van der Waals surface area contributed by atoms with E-state index in [0.29, 0.717) is 16.5 Å². The topological polar surface area (TPSA) is 87.0 Å². The summed E-state index contributed by atoms with van der Waals surface area (Å²) in [6.07, 6.45) is 6.07. The van der Waals surface area contributed by atoms with Gasteiger partial charge in [0.2, 0.25) is 5.91 Å². The van der Waals surface area contributed by atoms with Crippen LogP contribution in [-0.4, -0.2) is 45.1 Å². The van der Waals surface area contributed by atoms with E-state index in [2.05, 4.69) is 9.97 Å². The van der Waals surface area contributed by atoms with Crippen molar-refractivity contribution in [3.8, 4) is 6.07 Å². The first-order chi connectivity index (χ1) is 16.3. The maximum atomic E-state index is 13.6. The first-order valence-electron chi connectivity index (χ1n) is 10.9. The van der Waals surface area contributed by atoms with Crippen molar-refractivity contribution in [2.75, 3.05) is 6.54 Å². The Balaban J connectivity index is 0.00000342. The number of amides is 1. The van der Waals surface area contributed by atoms with Crippen LogP contribution in [0.5, 0.6) is 0 Å². The van der Waals surface area contributed by atoms with Crippen molar-refractivity contribution in [1.82, 2.24) is 14.9 Å². The molecular weight excluding hydrogens is 470 g/mol. The molecule has 0 unspecified atom stereocenters. The molecule has 6 nitrogen and oxygen atoms in total. The van der Waals surface area contributed by atoms with Crippen LogP contribution in [-0.2, 0) is 4.79 Å². The smallest absolute Gasteiger partial charge is 0.268 e. The summed E-state index contributed by atoms with van der Waals surface area (Å²) in [4.78, 5) is 34.8. The molecule has 1 fully saturated rings. The van der Waals surface area contributed by atoms with E-state index >= 15 is 0 Å². The molecule has 3 aromatic rings. The molecule has 1 aliphatic rings. The number of rotatable bonds is 6. The third-order valence-corrected chi connectivity index (χ3v) is 5.77. The fourth-order valence-electron chi connectivity index (χ4n) is 3.97. The van der Waals surface area contributed by atoms with E-state index in [9.17, 15) is 18.4 Å². The van der Waals surface area contributed by atoms with Crippen LogP contribution >= 0.6 is 13.5 Å². The van der Waals surface area contributed by atoms with E-state index in [0.717, 1.165) is 21.7 Å². The lowest BCUT2D eigenvalue weighted by atomic mass is 10.00. The Morgan fingerprint density at radius 1 is 1.14 bits per heavy atom. The summed E-state index contributed by atoms with van der Waals surface area (Å²) in [6, 6.07) is 11.6. The molecule has 0 aliphatic carbocycles. The number of carbonyl (C=O) groups excluding carboxylic acids is 2. The number of nitriles is 1. The van der Waals surface area contributed by atoms with Gasteiger partial charge in [-0.3, -0.25) is 19.6 Å². The van der Waals surface area contributed by atoms with Crippen molar-refractivity contribution in [3.05, 3.63) is 71.2 Å². The Morgan fingerprint density at radius 2 is 1.89 bits per heavy atom. The second-order valence-corrected chi connectivity index (χ2v) is 8.35. The van der Waals surface area contributed by atoms with E-state index < -0.39 is 30.8 Å². The molecule has 0 N–H and O–H groups in total. The molecule has 35 heavy (non-hydrogen) atoms. The first kappa shape index (κ1) is 26.0. The lowest BCUT2D eigenvalue weighted by Crippen LogP contribution is -2.36. The van der Waals surface area contributed by atoms with Crippen LogP contribution in [0.3, 0.4) is 0 Å². The van der Waals surface area contributed by atoms with Gasteiger partial charge in [-0.2, -0.15) is 18.8 Å². The van der Waals surface area contributed by atoms with Crippen LogP contribution in [0.15, 0.2) is 48.8 Å². The van der Waals surface area contributed by atoms with E-state index in [4.69, 9.17) is 5.26 Å². The van der Waals surface area contributed by atoms with E-state index in [1.54, 1.807) is 18.3 Å². The minimum absolute atomic E-state index is 0. The number of alkyl halides is 2. The van der Waals surface area contributed by atoms with Crippen molar-refractivity contribution in [2.45, 2.75) is 38.2 Å².